The van der Waals surface area contributed by atoms with Crippen LogP contribution in [0.5, 0.6) is 0 Å². The number of amidine groups is 1. The van der Waals surface area contributed by atoms with E-state index in [1.165, 1.54) is 20.9 Å². The van der Waals surface area contributed by atoms with Gasteiger partial charge in [0.1, 0.15) is 0 Å². The number of nitrogens with zero attached hydrogens (tertiary/aromatic N) is 2. The first-order valence-electron chi connectivity index (χ1n) is 9.75. The lowest BCUT2D eigenvalue weighted by atomic mass is 10.2. The Morgan fingerprint density at radius 2 is 1.90 bits per heavy atom. The summed E-state index contributed by atoms with van der Waals surface area (Å²) in [5.41, 5.74) is 7.25. The van der Waals surface area contributed by atoms with E-state index in [0.29, 0.717) is 15.1 Å². The lowest BCUT2D eigenvalue weighted by molar-refractivity contribution is -0.115. The minimum Gasteiger partial charge on any atom is -0.318 e. The molecule has 0 spiro atoms. The number of nitrogens with one attached hydrogen (secondary N) is 1. The molecule has 4 rings (SSSR count). The highest BCUT2D eigenvalue weighted by Gasteiger charge is 2.25. The molecule has 7 heteroatoms. The molecule has 3 aromatic rings. The van der Waals surface area contributed by atoms with Crippen LogP contribution < -0.4 is 5.32 Å². The largest absolute Gasteiger partial charge is 0.318 e. The molecular formula is C24H21ClIN3OS. The zero-order chi connectivity index (χ0) is 22.3. The molecule has 4 nitrogen and oxygen atoms in total. The lowest BCUT2D eigenvalue weighted by Gasteiger charge is -2.11. The third-order valence-electron chi connectivity index (χ3n) is 5.27. The van der Waals surface area contributed by atoms with Crippen LogP contribution in [0.1, 0.15) is 28.1 Å². The van der Waals surface area contributed by atoms with Crippen molar-refractivity contribution in [1.82, 2.24) is 9.88 Å². The SMILES string of the molecule is Cc1cc(-n2c(C)cc(/C=C3\SC(=Nc4cccc(Cl)c4C)NC3=O)c2C)ccc1I. The summed E-state index contributed by atoms with van der Waals surface area (Å²) < 4.78 is 3.46. The van der Waals surface area contributed by atoms with Crippen LogP contribution in [0.2, 0.25) is 5.02 Å². The number of aromatic nitrogens is 1. The number of carbonyl (C=O) groups excluding carboxylic acids is 1. The second kappa shape index (κ2) is 8.84. The monoisotopic (exact) mass is 561 g/mol. The van der Waals surface area contributed by atoms with E-state index in [1.807, 2.05) is 31.2 Å². The molecule has 1 aliphatic heterocycles. The number of benzene rings is 2. The topological polar surface area (TPSA) is 46.4 Å². The molecule has 1 fully saturated rings. The number of amides is 1. The Labute approximate surface area is 204 Å². The summed E-state index contributed by atoms with van der Waals surface area (Å²) in [6, 6.07) is 14.1. The smallest absolute Gasteiger partial charge is 0.264 e. The van der Waals surface area contributed by atoms with E-state index in [4.69, 9.17) is 11.6 Å². The van der Waals surface area contributed by atoms with Crippen molar-refractivity contribution in [2.45, 2.75) is 27.7 Å². The number of hydrogen-bond donors (Lipinski definition) is 1. The van der Waals surface area contributed by atoms with E-state index < -0.39 is 0 Å². The minimum absolute atomic E-state index is 0.140. The van der Waals surface area contributed by atoms with Gasteiger partial charge in [-0.1, -0.05) is 17.7 Å². The molecule has 1 amide bonds. The number of hydrogen-bond acceptors (Lipinski definition) is 3. The molecule has 158 valence electrons. The van der Waals surface area contributed by atoms with Crippen LogP contribution in [0.25, 0.3) is 11.8 Å². The molecule has 1 aliphatic rings. The van der Waals surface area contributed by atoms with E-state index in [9.17, 15) is 4.79 Å². The van der Waals surface area contributed by atoms with E-state index in [0.717, 1.165) is 33.9 Å². The number of halogens is 2. The van der Waals surface area contributed by atoms with Crippen LogP contribution in [0.4, 0.5) is 5.69 Å². The van der Waals surface area contributed by atoms with Gasteiger partial charge >= 0.3 is 0 Å². The van der Waals surface area contributed by atoms with Crippen LogP contribution in [0.3, 0.4) is 0 Å². The molecule has 0 aliphatic carbocycles. The number of thioether (sulfide) groups is 1. The quantitative estimate of drug-likeness (QED) is 0.280. The second-order valence-corrected chi connectivity index (χ2v) is 10.1. The highest BCUT2D eigenvalue weighted by molar-refractivity contribution is 14.1. The number of aryl methyl sites for hydroxylation is 2. The molecular weight excluding hydrogens is 541 g/mol. The lowest BCUT2D eigenvalue weighted by Crippen LogP contribution is -2.19. The average molecular weight is 562 g/mol. The fourth-order valence-electron chi connectivity index (χ4n) is 3.55. The number of carbonyl (C=O) groups is 1. The van der Waals surface area contributed by atoms with Crippen molar-refractivity contribution < 1.29 is 4.79 Å². The van der Waals surface area contributed by atoms with Gasteiger partial charge in [-0.15, -0.1) is 0 Å². The predicted octanol–water partition coefficient (Wildman–Crippen LogP) is 6.86. The van der Waals surface area contributed by atoms with Gasteiger partial charge in [-0.3, -0.25) is 4.79 Å². The zero-order valence-corrected chi connectivity index (χ0v) is 21.3. The molecule has 31 heavy (non-hydrogen) atoms. The Morgan fingerprint density at radius 1 is 1.13 bits per heavy atom. The molecule has 0 unspecified atom stereocenters. The maximum absolute atomic E-state index is 12.6. The van der Waals surface area contributed by atoms with Gasteiger partial charge in [0.2, 0.25) is 0 Å². The van der Waals surface area contributed by atoms with Crippen LogP contribution in [-0.2, 0) is 4.79 Å². The molecule has 0 radical (unpaired) electrons. The van der Waals surface area contributed by atoms with Crippen LogP contribution in [0, 0.1) is 31.3 Å². The van der Waals surface area contributed by atoms with Gasteiger partial charge in [-0.25, -0.2) is 4.99 Å². The maximum Gasteiger partial charge on any atom is 0.264 e. The summed E-state index contributed by atoms with van der Waals surface area (Å²) in [6.45, 7) is 8.19. The highest BCUT2D eigenvalue weighted by atomic mass is 127. The maximum atomic E-state index is 12.6. The van der Waals surface area contributed by atoms with Crippen molar-refractivity contribution >= 4 is 68.8 Å². The summed E-state index contributed by atoms with van der Waals surface area (Å²) in [5.74, 6) is -0.140. The van der Waals surface area contributed by atoms with Gasteiger partial charge in [0, 0.05) is 25.7 Å². The van der Waals surface area contributed by atoms with E-state index >= 15 is 0 Å². The van der Waals surface area contributed by atoms with Crippen LogP contribution >= 0.6 is 46.0 Å². The molecule has 0 saturated carbocycles. The number of aliphatic imine (C=N–C) groups is 1. The average Bonchev–Trinajstić information content (AvgIpc) is 3.20. The Morgan fingerprint density at radius 3 is 2.65 bits per heavy atom. The van der Waals surface area contributed by atoms with Crippen molar-refractivity contribution in [1.29, 1.82) is 0 Å². The second-order valence-electron chi connectivity index (χ2n) is 7.46. The van der Waals surface area contributed by atoms with Gasteiger partial charge in [0.25, 0.3) is 5.91 Å². The van der Waals surface area contributed by atoms with E-state index in [2.05, 4.69) is 82.5 Å². The van der Waals surface area contributed by atoms with Gasteiger partial charge in [-0.2, -0.15) is 0 Å². The third-order valence-corrected chi connectivity index (χ3v) is 7.80. The Balaban J connectivity index is 1.66. The predicted molar refractivity (Wildman–Crippen MR) is 140 cm³/mol. The first-order valence-corrected chi connectivity index (χ1v) is 12.0. The fraction of sp³-hybridized carbons (Fsp3) is 0.167. The van der Waals surface area contributed by atoms with Gasteiger partial charge < -0.3 is 9.88 Å². The molecule has 2 heterocycles. The first-order chi connectivity index (χ1) is 14.7. The molecule has 1 saturated heterocycles. The Kier molecular flexibility index (Phi) is 6.32. The Bertz CT molecular complexity index is 1280. The van der Waals surface area contributed by atoms with Crippen molar-refractivity contribution in [3.8, 4) is 5.69 Å². The summed E-state index contributed by atoms with van der Waals surface area (Å²) in [5, 5.41) is 4.08. The summed E-state index contributed by atoms with van der Waals surface area (Å²) >= 11 is 9.88. The van der Waals surface area contributed by atoms with Gasteiger partial charge in [0.15, 0.2) is 5.17 Å². The zero-order valence-electron chi connectivity index (χ0n) is 17.6. The fourth-order valence-corrected chi connectivity index (χ4v) is 4.88. The van der Waals surface area contributed by atoms with E-state index in [1.54, 1.807) is 0 Å². The highest BCUT2D eigenvalue weighted by Crippen LogP contribution is 2.32. The third kappa shape index (κ3) is 4.47. The van der Waals surface area contributed by atoms with Gasteiger partial charge in [0.05, 0.1) is 10.6 Å². The van der Waals surface area contributed by atoms with Crippen molar-refractivity contribution in [3.05, 3.63) is 84.0 Å². The van der Waals surface area contributed by atoms with E-state index in [-0.39, 0.29) is 5.91 Å². The standard InChI is InChI=1S/C24H21ClIN3OS/c1-13-10-18(8-9-20(13)26)29-14(2)11-17(16(29)4)12-22-23(30)28-24(31-22)27-21-7-5-6-19(25)15(21)3/h5-12H,1-4H3,(H,27,28,30)/b22-12-. The van der Waals surface area contributed by atoms with Crippen molar-refractivity contribution in [2.24, 2.45) is 4.99 Å². The molecule has 0 atom stereocenters. The van der Waals surface area contributed by atoms with Crippen molar-refractivity contribution in [2.75, 3.05) is 0 Å². The molecule has 0 bridgehead atoms. The summed E-state index contributed by atoms with van der Waals surface area (Å²) in [6.07, 6.45) is 1.94. The minimum atomic E-state index is -0.140. The molecule has 2 aromatic carbocycles. The molecule has 1 N–H and O–H groups in total. The summed E-state index contributed by atoms with van der Waals surface area (Å²) in [4.78, 5) is 17.8. The Hall–Kier alpha value is -2.03. The normalized spacial score (nSPS) is 16.4. The van der Waals surface area contributed by atoms with Crippen molar-refractivity contribution in [3.63, 3.8) is 0 Å². The first kappa shape index (κ1) is 22.2. The van der Waals surface area contributed by atoms with Gasteiger partial charge in [-0.05, 0) is 121 Å². The summed E-state index contributed by atoms with van der Waals surface area (Å²) in [7, 11) is 0. The molecule has 1 aromatic heterocycles. The number of rotatable bonds is 3. The van der Waals surface area contributed by atoms with Crippen LogP contribution in [-0.4, -0.2) is 15.6 Å². The van der Waals surface area contributed by atoms with Crippen LogP contribution in [0.15, 0.2) is 52.4 Å².